The summed E-state index contributed by atoms with van der Waals surface area (Å²) in [7, 11) is 1.80. The number of para-hydroxylation sites is 1. The number of halogens is 2. The molecule has 1 aliphatic rings. The number of nitrogens with zero attached hydrogens (tertiary/aromatic N) is 3. The molecule has 1 aliphatic carbocycles. The van der Waals surface area contributed by atoms with Gasteiger partial charge in [0.15, 0.2) is 5.65 Å². The van der Waals surface area contributed by atoms with E-state index in [-0.39, 0.29) is 17.5 Å². The molecule has 2 aromatic carbocycles. The van der Waals surface area contributed by atoms with E-state index < -0.39 is 22.9 Å². The first kappa shape index (κ1) is 25.5. The van der Waals surface area contributed by atoms with Crippen LogP contribution in [0.2, 0.25) is 0 Å². The highest BCUT2D eigenvalue weighted by atomic mass is 19.1. The van der Waals surface area contributed by atoms with Gasteiger partial charge in [0.2, 0.25) is 5.95 Å². The van der Waals surface area contributed by atoms with Crippen LogP contribution in [0, 0.1) is 24.5 Å². The summed E-state index contributed by atoms with van der Waals surface area (Å²) in [6.07, 6.45) is 2.25. The maximum absolute atomic E-state index is 14.8. The summed E-state index contributed by atoms with van der Waals surface area (Å²) in [6, 6.07) is 11.5. The zero-order valence-corrected chi connectivity index (χ0v) is 21.1. The minimum atomic E-state index is -0.894. The van der Waals surface area contributed by atoms with Gasteiger partial charge >= 0.3 is 0 Å². The number of anilines is 1. The van der Waals surface area contributed by atoms with Crippen molar-refractivity contribution < 1.29 is 13.6 Å². The molecule has 5 rings (SSSR count). The Morgan fingerprint density at radius 1 is 1.05 bits per heavy atom. The molecule has 38 heavy (non-hydrogen) atoms. The van der Waals surface area contributed by atoms with Gasteiger partial charge in [-0.1, -0.05) is 12.1 Å². The van der Waals surface area contributed by atoms with E-state index in [0.29, 0.717) is 47.8 Å². The van der Waals surface area contributed by atoms with Gasteiger partial charge in [0, 0.05) is 42.2 Å². The van der Waals surface area contributed by atoms with Gasteiger partial charge in [-0.3, -0.25) is 14.2 Å². The molecule has 0 radical (unpaired) electrons. The van der Waals surface area contributed by atoms with Gasteiger partial charge in [0.1, 0.15) is 17.3 Å². The second kappa shape index (κ2) is 10.7. The van der Waals surface area contributed by atoms with E-state index in [4.69, 9.17) is 4.98 Å². The number of benzene rings is 2. The molecule has 0 spiro atoms. The number of rotatable bonds is 9. The molecule has 8 nitrogen and oxygen atoms in total. The van der Waals surface area contributed by atoms with Crippen molar-refractivity contribution in [3.8, 4) is 16.9 Å². The zero-order chi connectivity index (χ0) is 26.8. The molecule has 2 aromatic heterocycles. The van der Waals surface area contributed by atoms with Crippen molar-refractivity contribution in [2.75, 3.05) is 32.0 Å². The predicted molar refractivity (Wildman–Crippen MR) is 143 cm³/mol. The van der Waals surface area contributed by atoms with Crippen molar-refractivity contribution >= 4 is 22.9 Å². The molecular weight excluding hydrogens is 490 g/mol. The Morgan fingerprint density at radius 2 is 1.82 bits per heavy atom. The number of hydrogen-bond acceptors (Lipinski definition) is 6. The molecule has 4 aromatic rings. The van der Waals surface area contributed by atoms with Crippen molar-refractivity contribution in [2.45, 2.75) is 19.8 Å². The van der Waals surface area contributed by atoms with Gasteiger partial charge in [0.25, 0.3) is 11.5 Å². The number of hydrogen-bond donors (Lipinski definition) is 3. The molecular formula is C28H28F2N6O2. The van der Waals surface area contributed by atoms with Gasteiger partial charge in [-0.2, -0.15) is 4.98 Å². The molecule has 0 bridgehead atoms. The number of nitrogens with one attached hydrogen (secondary N) is 3. The first-order valence-corrected chi connectivity index (χ1v) is 12.5. The maximum Gasteiger partial charge on any atom is 0.256 e. The van der Waals surface area contributed by atoms with E-state index in [1.54, 1.807) is 25.2 Å². The largest absolute Gasteiger partial charge is 0.353 e. The van der Waals surface area contributed by atoms with Gasteiger partial charge in [-0.15, -0.1) is 0 Å². The van der Waals surface area contributed by atoms with Crippen molar-refractivity contribution in [3.63, 3.8) is 0 Å². The van der Waals surface area contributed by atoms with E-state index in [9.17, 15) is 18.4 Å². The number of aryl methyl sites for hydroxylation is 1. The molecule has 0 aliphatic heterocycles. The smallest absolute Gasteiger partial charge is 0.256 e. The lowest BCUT2D eigenvalue weighted by atomic mass is 9.99. The number of carbonyl (C=O) groups excluding carboxylic acids is 1. The van der Waals surface area contributed by atoms with Crippen LogP contribution in [0.4, 0.5) is 14.7 Å². The van der Waals surface area contributed by atoms with Crippen molar-refractivity contribution in [1.29, 1.82) is 0 Å². The van der Waals surface area contributed by atoms with Gasteiger partial charge < -0.3 is 16.0 Å². The lowest BCUT2D eigenvalue weighted by molar-refractivity contribution is 0.0952. The summed E-state index contributed by atoms with van der Waals surface area (Å²) in [5, 5.41) is 9.50. The molecule has 0 atom stereocenters. The summed E-state index contributed by atoms with van der Waals surface area (Å²) in [5.41, 5.74) is 1.27. The molecule has 1 saturated carbocycles. The number of fused-ring (bicyclic) bond motifs is 1. The van der Waals surface area contributed by atoms with Crippen LogP contribution in [-0.4, -0.2) is 47.1 Å². The van der Waals surface area contributed by atoms with E-state index >= 15 is 0 Å². The molecule has 2 heterocycles. The average Bonchev–Trinajstić information content (AvgIpc) is 3.73. The van der Waals surface area contributed by atoms with Gasteiger partial charge in [-0.25, -0.2) is 13.8 Å². The Morgan fingerprint density at radius 3 is 2.53 bits per heavy atom. The molecule has 196 valence electrons. The average molecular weight is 519 g/mol. The summed E-state index contributed by atoms with van der Waals surface area (Å²) in [5.74, 6) is -1.25. The molecule has 1 fully saturated rings. The molecule has 3 N–H and O–H groups in total. The highest BCUT2D eigenvalue weighted by molar-refractivity contribution is 5.98. The summed E-state index contributed by atoms with van der Waals surface area (Å²) < 4.78 is 30.6. The van der Waals surface area contributed by atoms with Crippen molar-refractivity contribution in [1.82, 2.24) is 25.2 Å². The SMILES string of the molecule is CNCCNc1nc(-c2cc(C(=O)NCC3CC3)ccc2C)c2ccc(=O)n(-c3c(F)cccc3F)c2n1. The second-order valence-electron chi connectivity index (χ2n) is 9.42. The van der Waals surface area contributed by atoms with Gasteiger partial charge in [-0.05, 0) is 68.6 Å². The lowest BCUT2D eigenvalue weighted by Gasteiger charge is -2.16. The van der Waals surface area contributed by atoms with Gasteiger partial charge in [0.05, 0.1) is 5.69 Å². The highest BCUT2D eigenvalue weighted by Crippen LogP contribution is 2.32. The summed E-state index contributed by atoms with van der Waals surface area (Å²) in [4.78, 5) is 35.0. The number of carbonyl (C=O) groups is 1. The summed E-state index contributed by atoms with van der Waals surface area (Å²) in [6.45, 7) is 3.60. The van der Waals surface area contributed by atoms with Crippen LogP contribution in [0.1, 0.15) is 28.8 Å². The zero-order valence-electron chi connectivity index (χ0n) is 21.1. The third kappa shape index (κ3) is 5.12. The first-order chi connectivity index (χ1) is 18.4. The normalized spacial score (nSPS) is 13.1. The Labute approximate surface area is 218 Å². The van der Waals surface area contributed by atoms with Crippen molar-refractivity contribution in [2.24, 2.45) is 5.92 Å². The highest BCUT2D eigenvalue weighted by Gasteiger charge is 2.23. The maximum atomic E-state index is 14.8. The first-order valence-electron chi connectivity index (χ1n) is 12.5. The fraction of sp³-hybridized carbons (Fsp3) is 0.286. The van der Waals surface area contributed by atoms with E-state index in [0.717, 1.165) is 35.1 Å². The van der Waals surface area contributed by atoms with Crippen LogP contribution < -0.4 is 21.5 Å². The Hall–Kier alpha value is -4.18. The quantitative estimate of drug-likeness (QED) is 0.292. The third-order valence-corrected chi connectivity index (χ3v) is 6.57. The Balaban J connectivity index is 1.72. The van der Waals surface area contributed by atoms with Crippen LogP contribution >= 0.6 is 0 Å². The lowest BCUT2D eigenvalue weighted by Crippen LogP contribution is -2.25. The van der Waals surface area contributed by atoms with Crippen LogP contribution in [0.3, 0.4) is 0 Å². The second-order valence-corrected chi connectivity index (χ2v) is 9.42. The van der Waals surface area contributed by atoms with E-state index in [1.165, 1.54) is 12.1 Å². The topological polar surface area (TPSA) is 101 Å². The standard InChI is InChI=1S/C28H28F2N6O2/c1-16-6-9-18(27(38)33-15-17-7-8-17)14-20(16)24-19-10-11-23(37)36(25-21(29)4-3-5-22(25)30)26(19)35-28(34-24)32-13-12-31-2/h3-6,9-11,14,17,31H,7-8,12-13,15H2,1-2H3,(H,33,38)(H,32,34,35). The molecule has 10 heteroatoms. The fourth-order valence-electron chi connectivity index (χ4n) is 4.30. The predicted octanol–water partition coefficient (Wildman–Crippen LogP) is 3.81. The van der Waals surface area contributed by atoms with E-state index in [1.807, 2.05) is 13.0 Å². The van der Waals surface area contributed by atoms with Crippen LogP contribution in [0.25, 0.3) is 28.0 Å². The molecule has 1 amide bonds. The number of likely N-dealkylation sites (N-methyl/N-ethyl adjacent to an activating group) is 1. The molecule has 0 unspecified atom stereocenters. The van der Waals surface area contributed by atoms with E-state index in [2.05, 4.69) is 20.9 Å². The monoisotopic (exact) mass is 518 g/mol. The third-order valence-electron chi connectivity index (χ3n) is 6.57. The van der Waals surface area contributed by atoms with Crippen LogP contribution in [0.5, 0.6) is 0 Å². The van der Waals surface area contributed by atoms with Crippen LogP contribution in [-0.2, 0) is 0 Å². The number of pyridine rings is 1. The number of aromatic nitrogens is 3. The molecule has 0 saturated heterocycles. The fourth-order valence-corrected chi connectivity index (χ4v) is 4.30. The minimum Gasteiger partial charge on any atom is -0.353 e. The van der Waals surface area contributed by atoms with Crippen molar-refractivity contribution in [3.05, 3.63) is 81.6 Å². The summed E-state index contributed by atoms with van der Waals surface area (Å²) >= 11 is 0. The minimum absolute atomic E-state index is 0.0430. The van der Waals surface area contributed by atoms with Crippen LogP contribution in [0.15, 0.2) is 53.3 Å². The Kier molecular flexibility index (Phi) is 7.15. The number of amides is 1. The Bertz CT molecular complexity index is 1560.